The van der Waals surface area contributed by atoms with Gasteiger partial charge < -0.3 is 21.0 Å². The zero-order valence-corrected chi connectivity index (χ0v) is 10.7. The van der Waals surface area contributed by atoms with Crippen LogP contribution in [-0.2, 0) is 11.3 Å². The summed E-state index contributed by atoms with van der Waals surface area (Å²) >= 11 is 0. The summed E-state index contributed by atoms with van der Waals surface area (Å²) in [5.74, 6) is -0.682. The molecule has 5 nitrogen and oxygen atoms in total. The van der Waals surface area contributed by atoms with Gasteiger partial charge in [-0.15, -0.1) is 0 Å². The minimum absolute atomic E-state index is 0.119. The number of amidine groups is 1. The van der Waals surface area contributed by atoms with Crippen LogP contribution in [0.5, 0.6) is 0 Å². The molecule has 0 bridgehead atoms. The first-order valence-electron chi connectivity index (χ1n) is 5.87. The van der Waals surface area contributed by atoms with Crippen molar-refractivity contribution in [1.82, 2.24) is 5.32 Å². The molecule has 112 valence electrons. The number of nitrogens with one attached hydrogen (secondary N) is 1. The van der Waals surface area contributed by atoms with E-state index in [9.17, 15) is 13.2 Å². The van der Waals surface area contributed by atoms with Crippen molar-refractivity contribution in [2.24, 2.45) is 10.9 Å². The van der Waals surface area contributed by atoms with E-state index < -0.39 is 18.8 Å². The minimum atomic E-state index is -2.49. The Balaban J connectivity index is 2.38. The van der Waals surface area contributed by atoms with Gasteiger partial charge in [0.2, 0.25) is 0 Å². The van der Waals surface area contributed by atoms with Crippen molar-refractivity contribution >= 4 is 5.84 Å². The van der Waals surface area contributed by atoms with E-state index in [0.717, 1.165) is 6.07 Å². The first-order chi connectivity index (χ1) is 9.54. The van der Waals surface area contributed by atoms with Crippen LogP contribution < -0.4 is 11.1 Å². The Morgan fingerprint density at radius 3 is 2.80 bits per heavy atom. The smallest absolute Gasteiger partial charge is 0.261 e. The van der Waals surface area contributed by atoms with Gasteiger partial charge in [-0.05, 0) is 6.07 Å². The lowest BCUT2D eigenvalue weighted by atomic mass is 10.1. The fraction of sp³-hybridized carbons (Fsp3) is 0.417. The molecule has 0 saturated heterocycles. The molecule has 0 amide bonds. The molecule has 1 rings (SSSR count). The van der Waals surface area contributed by atoms with E-state index in [1.165, 1.54) is 12.1 Å². The van der Waals surface area contributed by atoms with Crippen LogP contribution in [0.2, 0.25) is 0 Å². The number of hydrogen-bond acceptors (Lipinski definition) is 4. The number of oxime groups is 1. The quantitative estimate of drug-likeness (QED) is 0.222. The third-order valence-electron chi connectivity index (χ3n) is 2.44. The number of benzene rings is 1. The molecule has 4 N–H and O–H groups in total. The zero-order valence-electron chi connectivity index (χ0n) is 10.7. The molecule has 0 aliphatic rings. The third kappa shape index (κ3) is 5.45. The molecule has 0 saturated carbocycles. The van der Waals surface area contributed by atoms with Crippen LogP contribution in [0.4, 0.5) is 13.2 Å². The number of ether oxygens (including phenoxy) is 1. The molecule has 0 radical (unpaired) electrons. The average molecular weight is 291 g/mol. The van der Waals surface area contributed by atoms with Crippen LogP contribution >= 0.6 is 0 Å². The number of alkyl halides is 2. The van der Waals surface area contributed by atoms with Crippen molar-refractivity contribution in [3.05, 3.63) is 35.1 Å². The van der Waals surface area contributed by atoms with Crippen LogP contribution in [0.3, 0.4) is 0 Å². The highest BCUT2D eigenvalue weighted by atomic mass is 19.3. The van der Waals surface area contributed by atoms with Gasteiger partial charge in [0.1, 0.15) is 12.4 Å². The summed E-state index contributed by atoms with van der Waals surface area (Å²) in [7, 11) is 0. The molecule has 0 aliphatic heterocycles. The van der Waals surface area contributed by atoms with Crippen LogP contribution in [0.15, 0.2) is 23.4 Å². The molecule has 1 aromatic rings. The fourth-order valence-electron chi connectivity index (χ4n) is 1.45. The van der Waals surface area contributed by atoms with Crippen LogP contribution in [0.1, 0.15) is 11.1 Å². The van der Waals surface area contributed by atoms with Crippen molar-refractivity contribution < 1.29 is 23.1 Å². The first kappa shape index (κ1) is 16.3. The van der Waals surface area contributed by atoms with Gasteiger partial charge in [-0.25, -0.2) is 13.2 Å². The van der Waals surface area contributed by atoms with Gasteiger partial charge in [0.25, 0.3) is 6.43 Å². The summed E-state index contributed by atoms with van der Waals surface area (Å²) in [5, 5.41) is 14.1. The number of rotatable bonds is 8. The van der Waals surface area contributed by atoms with E-state index in [2.05, 4.69) is 15.2 Å². The van der Waals surface area contributed by atoms with Gasteiger partial charge in [0.05, 0.1) is 6.61 Å². The molecule has 8 heteroatoms. The lowest BCUT2D eigenvalue weighted by Crippen LogP contribution is -2.21. The molecule has 0 heterocycles. The van der Waals surface area contributed by atoms with E-state index >= 15 is 0 Å². The summed E-state index contributed by atoms with van der Waals surface area (Å²) in [6.07, 6.45) is -2.49. The predicted octanol–water partition coefficient (Wildman–Crippen LogP) is 1.29. The molecule has 20 heavy (non-hydrogen) atoms. The maximum atomic E-state index is 13.7. The molecular weight excluding hydrogens is 275 g/mol. The Morgan fingerprint density at radius 1 is 1.45 bits per heavy atom. The number of hydrogen-bond donors (Lipinski definition) is 3. The Kier molecular flexibility index (Phi) is 6.82. The lowest BCUT2D eigenvalue weighted by Gasteiger charge is -2.08. The van der Waals surface area contributed by atoms with Crippen LogP contribution in [0.25, 0.3) is 0 Å². The zero-order chi connectivity index (χ0) is 15.0. The summed E-state index contributed by atoms with van der Waals surface area (Å²) in [4.78, 5) is 0. The highest BCUT2D eigenvalue weighted by Crippen LogP contribution is 2.10. The number of halogens is 3. The van der Waals surface area contributed by atoms with Crippen LogP contribution in [-0.4, -0.2) is 37.2 Å². The van der Waals surface area contributed by atoms with E-state index in [1.54, 1.807) is 0 Å². The second-order valence-electron chi connectivity index (χ2n) is 3.93. The molecule has 0 unspecified atom stereocenters. The second-order valence-corrected chi connectivity index (χ2v) is 3.93. The van der Waals surface area contributed by atoms with Gasteiger partial charge in [0.15, 0.2) is 5.84 Å². The third-order valence-corrected chi connectivity index (χ3v) is 2.44. The Hall–Kier alpha value is -1.80. The number of nitrogens with zero attached hydrogens (tertiary/aromatic N) is 1. The second kappa shape index (κ2) is 8.39. The summed E-state index contributed by atoms with van der Waals surface area (Å²) in [5.41, 5.74) is 5.99. The van der Waals surface area contributed by atoms with Crippen molar-refractivity contribution in [2.45, 2.75) is 13.0 Å². The number of nitrogens with two attached hydrogens (primary N) is 1. The van der Waals surface area contributed by atoms with Gasteiger partial charge >= 0.3 is 0 Å². The molecule has 0 fully saturated rings. The molecule has 1 aromatic carbocycles. The van der Waals surface area contributed by atoms with E-state index in [0.29, 0.717) is 12.1 Å². The first-order valence-corrected chi connectivity index (χ1v) is 5.87. The average Bonchev–Trinajstić information content (AvgIpc) is 2.42. The van der Waals surface area contributed by atoms with Crippen molar-refractivity contribution in [3.8, 4) is 0 Å². The highest BCUT2D eigenvalue weighted by Gasteiger charge is 2.06. The van der Waals surface area contributed by atoms with Crippen LogP contribution in [0, 0.1) is 5.82 Å². The lowest BCUT2D eigenvalue weighted by molar-refractivity contribution is 0.0187. The predicted molar refractivity (Wildman–Crippen MR) is 67.4 cm³/mol. The van der Waals surface area contributed by atoms with Crippen molar-refractivity contribution in [3.63, 3.8) is 0 Å². The Morgan fingerprint density at radius 2 is 2.20 bits per heavy atom. The minimum Gasteiger partial charge on any atom is -0.409 e. The van der Waals surface area contributed by atoms with E-state index in [1.807, 2.05) is 0 Å². The molecule has 0 aliphatic carbocycles. The normalized spacial score (nSPS) is 12.1. The summed E-state index contributed by atoms with van der Waals surface area (Å²) in [6, 6.07) is 4.16. The van der Waals surface area contributed by atoms with E-state index in [4.69, 9.17) is 10.9 Å². The molecular formula is C12H16F3N3O2. The van der Waals surface area contributed by atoms with Gasteiger partial charge in [-0.3, -0.25) is 0 Å². The maximum Gasteiger partial charge on any atom is 0.261 e. The molecule has 0 atom stereocenters. The largest absolute Gasteiger partial charge is 0.409 e. The summed E-state index contributed by atoms with van der Waals surface area (Å²) < 4.78 is 41.9. The maximum absolute atomic E-state index is 13.7. The molecule has 0 spiro atoms. The highest BCUT2D eigenvalue weighted by molar-refractivity contribution is 5.97. The van der Waals surface area contributed by atoms with Gasteiger partial charge in [-0.2, -0.15) is 0 Å². The monoisotopic (exact) mass is 291 g/mol. The molecule has 0 aromatic heterocycles. The van der Waals surface area contributed by atoms with Crippen molar-refractivity contribution in [2.75, 3.05) is 19.8 Å². The summed E-state index contributed by atoms with van der Waals surface area (Å²) in [6.45, 7) is 0.0626. The topological polar surface area (TPSA) is 79.9 Å². The van der Waals surface area contributed by atoms with Crippen molar-refractivity contribution in [1.29, 1.82) is 0 Å². The van der Waals surface area contributed by atoms with Gasteiger partial charge in [-0.1, -0.05) is 17.3 Å². The Labute approximate surface area is 114 Å². The van der Waals surface area contributed by atoms with E-state index in [-0.39, 0.29) is 24.6 Å². The standard InChI is InChI=1S/C12H16F3N3O2/c13-10-5-8(12(16)18-19)1-2-9(10)6-17-3-4-20-7-11(14)15/h1-2,5,11,17,19H,3-4,6-7H2,(H2,16,18). The van der Waals surface area contributed by atoms with Gasteiger partial charge in [0, 0.05) is 24.2 Å². The fourth-order valence-corrected chi connectivity index (χ4v) is 1.45. The Bertz CT molecular complexity index is 456. The SMILES string of the molecule is N/C(=N/O)c1ccc(CNCCOCC(F)F)c(F)c1.